The molecule has 1 aliphatic carbocycles. The first-order valence-electron chi connectivity index (χ1n) is 7.79. The van der Waals surface area contributed by atoms with E-state index in [0.29, 0.717) is 13.0 Å². The van der Waals surface area contributed by atoms with Crippen molar-refractivity contribution in [2.24, 2.45) is 4.99 Å². The Hall–Kier alpha value is -0.480. The number of halogens is 1. The second-order valence-electron chi connectivity index (χ2n) is 5.93. The molecular weight excluding hydrogens is 457 g/mol. The van der Waals surface area contributed by atoms with Crippen LogP contribution in [0.5, 0.6) is 0 Å². The first-order chi connectivity index (χ1) is 10.9. The van der Waals surface area contributed by atoms with Crippen LogP contribution in [0.2, 0.25) is 0 Å². The van der Waals surface area contributed by atoms with Crippen molar-refractivity contribution in [3.8, 4) is 0 Å². The summed E-state index contributed by atoms with van der Waals surface area (Å²) in [6, 6.07) is 10.4. The van der Waals surface area contributed by atoms with Crippen molar-refractivity contribution in [3.05, 3.63) is 30.3 Å². The van der Waals surface area contributed by atoms with Crippen LogP contribution in [0.3, 0.4) is 0 Å². The molecule has 8 heteroatoms. The Morgan fingerprint density at radius 1 is 1.25 bits per heavy atom. The molecule has 5 nitrogen and oxygen atoms in total. The molecule has 0 amide bonds. The Kier molecular flexibility index (Phi) is 8.86. The lowest BCUT2D eigenvalue weighted by molar-refractivity contribution is 0.598. The molecule has 0 atom stereocenters. The SMILES string of the molecule is CN=C(NCCCS(C)(=O)=O)NCC1(Sc2ccccc2)CC1.I. The van der Waals surface area contributed by atoms with E-state index < -0.39 is 9.84 Å². The van der Waals surface area contributed by atoms with Gasteiger partial charge in [-0.3, -0.25) is 4.99 Å². The first-order valence-corrected chi connectivity index (χ1v) is 10.7. The van der Waals surface area contributed by atoms with Gasteiger partial charge >= 0.3 is 0 Å². The number of thioether (sulfide) groups is 1. The van der Waals surface area contributed by atoms with Gasteiger partial charge < -0.3 is 10.6 Å². The van der Waals surface area contributed by atoms with Crippen molar-refractivity contribution in [1.82, 2.24) is 10.6 Å². The molecular formula is C16H26IN3O2S2. The third-order valence-corrected chi connectivity index (χ3v) is 6.19. The molecule has 0 aromatic heterocycles. The molecule has 1 saturated carbocycles. The molecule has 0 aliphatic heterocycles. The van der Waals surface area contributed by atoms with Crippen molar-refractivity contribution >= 4 is 51.5 Å². The maximum absolute atomic E-state index is 11.1. The van der Waals surface area contributed by atoms with Crippen molar-refractivity contribution in [2.75, 3.05) is 32.1 Å². The van der Waals surface area contributed by atoms with Crippen molar-refractivity contribution in [3.63, 3.8) is 0 Å². The number of hydrogen-bond donors (Lipinski definition) is 2. The van der Waals surface area contributed by atoms with Gasteiger partial charge in [0.15, 0.2) is 5.96 Å². The van der Waals surface area contributed by atoms with Gasteiger partial charge in [0, 0.05) is 36.0 Å². The molecule has 136 valence electrons. The van der Waals surface area contributed by atoms with E-state index in [2.05, 4.69) is 39.9 Å². The van der Waals surface area contributed by atoms with Crippen LogP contribution in [0.15, 0.2) is 40.2 Å². The van der Waals surface area contributed by atoms with Gasteiger partial charge in [0.2, 0.25) is 0 Å². The second kappa shape index (κ2) is 9.86. The van der Waals surface area contributed by atoms with Gasteiger partial charge in [-0.15, -0.1) is 35.7 Å². The van der Waals surface area contributed by atoms with Crippen LogP contribution < -0.4 is 10.6 Å². The maximum Gasteiger partial charge on any atom is 0.191 e. The van der Waals surface area contributed by atoms with Crippen LogP contribution in [0.1, 0.15) is 19.3 Å². The zero-order valence-electron chi connectivity index (χ0n) is 14.1. The highest BCUT2D eigenvalue weighted by Gasteiger charge is 2.43. The predicted octanol–water partition coefficient (Wildman–Crippen LogP) is 2.53. The fraction of sp³-hybridized carbons (Fsp3) is 0.562. The molecule has 0 heterocycles. The summed E-state index contributed by atoms with van der Waals surface area (Å²) in [6.07, 6.45) is 4.25. The minimum atomic E-state index is -2.89. The standard InChI is InChI=1S/C16H25N3O2S2.HI/c1-17-15(18-11-6-12-23(2,20)21)19-13-16(9-10-16)22-14-7-4-3-5-8-14;/h3-5,7-8H,6,9-13H2,1-2H3,(H2,17,18,19);1H. The summed E-state index contributed by atoms with van der Waals surface area (Å²) in [4.78, 5) is 5.49. The molecule has 2 N–H and O–H groups in total. The van der Waals surface area contributed by atoms with E-state index in [4.69, 9.17) is 0 Å². The number of rotatable bonds is 8. The van der Waals surface area contributed by atoms with E-state index in [0.717, 1.165) is 12.5 Å². The lowest BCUT2D eigenvalue weighted by Crippen LogP contribution is -2.41. The Morgan fingerprint density at radius 3 is 2.46 bits per heavy atom. The molecule has 0 bridgehead atoms. The number of nitrogens with zero attached hydrogens (tertiary/aromatic N) is 1. The highest BCUT2D eigenvalue weighted by Crippen LogP contribution is 2.51. The summed E-state index contributed by atoms with van der Waals surface area (Å²) in [6.45, 7) is 1.46. The quantitative estimate of drug-likeness (QED) is 0.258. The topological polar surface area (TPSA) is 70.6 Å². The molecule has 1 fully saturated rings. The molecule has 1 aromatic rings. The largest absolute Gasteiger partial charge is 0.356 e. The van der Waals surface area contributed by atoms with Crippen molar-refractivity contribution in [2.45, 2.75) is 28.9 Å². The number of aliphatic imine (C=N–C) groups is 1. The van der Waals surface area contributed by atoms with E-state index in [1.165, 1.54) is 24.0 Å². The zero-order chi connectivity index (χ0) is 16.8. The van der Waals surface area contributed by atoms with Crippen molar-refractivity contribution < 1.29 is 8.42 Å². The summed E-state index contributed by atoms with van der Waals surface area (Å²) in [7, 11) is -1.16. The fourth-order valence-electron chi connectivity index (χ4n) is 2.20. The van der Waals surface area contributed by atoms with Crippen LogP contribution in [0, 0.1) is 0 Å². The minimum Gasteiger partial charge on any atom is -0.356 e. The van der Waals surface area contributed by atoms with Crippen LogP contribution in [-0.2, 0) is 9.84 Å². The Labute approximate surface area is 166 Å². The first kappa shape index (κ1) is 21.6. The number of guanidine groups is 1. The molecule has 0 unspecified atom stereocenters. The average Bonchev–Trinajstić information content (AvgIpc) is 3.26. The van der Waals surface area contributed by atoms with Gasteiger partial charge in [0.05, 0.1) is 5.75 Å². The number of hydrogen-bond acceptors (Lipinski definition) is 4. The molecule has 0 saturated heterocycles. The van der Waals surface area contributed by atoms with E-state index in [1.807, 2.05) is 17.8 Å². The smallest absolute Gasteiger partial charge is 0.191 e. The summed E-state index contributed by atoms with van der Waals surface area (Å²) in [5.74, 6) is 0.934. The molecule has 24 heavy (non-hydrogen) atoms. The maximum atomic E-state index is 11.1. The number of nitrogens with one attached hydrogen (secondary N) is 2. The zero-order valence-corrected chi connectivity index (χ0v) is 18.1. The van der Waals surface area contributed by atoms with E-state index >= 15 is 0 Å². The fourth-order valence-corrected chi connectivity index (χ4v) is 4.11. The van der Waals surface area contributed by atoms with Gasteiger partial charge in [-0.05, 0) is 31.4 Å². The molecule has 1 aliphatic rings. The third kappa shape index (κ3) is 8.06. The van der Waals surface area contributed by atoms with Crippen LogP contribution in [-0.4, -0.2) is 51.3 Å². The summed E-state index contributed by atoms with van der Waals surface area (Å²) >= 11 is 1.92. The van der Waals surface area contributed by atoms with E-state index in [-0.39, 0.29) is 34.5 Å². The molecule has 2 rings (SSSR count). The van der Waals surface area contributed by atoms with Crippen LogP contribution in [0.4, 0.5) is 0 Å². The van der Waals surface area contributed by atoms with Crippen LogP contribution in [0.25, 0.3) is 0 Å². The summed E-state index contributed by atoms with van der Waals surface area (Å²) < 4.78 is 22.5. The van der Waals surface area contributed by atoms with Gasteiger partial charge in [0.25, 0.3) is 0 Å². The monoisotopic (exact) mass is 483 g/mol. The number of benzene rings is 1. The number of sulfone groups is 1. The van der Waals surface area contributed by atoms with Gasteiger partial charge in [-0.25, -0.2) is 8.42 Å². The molecule has 0 spiro atoms. The third-order valence-electron chi connectivity index (χ3n) is 3.67. The predicted molar refractivity (Wildman–Crippen MR) is 113 cm³/mol. The summed E-state index contributed by atoms with van der Waals surface area (Å²) in [5, 5.41) is 6.53. The highest BCUT2D eigenvalue weighted by atomic mass is 127. The lowest BCUT2D eigenvalue weighted by atomic mass is 10.4. The van der Waals surface area contributed by atoms with Gasteiger partial charge in [0.1, 0.15) is 9.84 Å². The normalized spacial score (nSPS) is 16.2. The van der Waals surface area contributed by atoms with Crippen molar-refractivity contribution in [1.29, 1.82) is 0 Å². The average molecular weight is 483 g/mol. The van der Waals surface area contributed by atoms with E-state index in [1.54, 1.807) is 7.05 Å². The van der Waals surface area contributed by atoms with Crippen LogP contribution >= 0.6 is 35.7 Å². The Bertz CT molecular complexity index is 632. The second-order valence-corrected chi connectivity index (χ2v) is 9.74. The molecule has 1 aromatic carbocycles. The lowest BCUT2D eigenvalue weighted by Gasteiger charge is -2.18. The Balaban J connectivity index is 0.00000288. The summed E-state index contributed by atoms with van der Waals surface area (Å²) in [5.41, 5.74) is 0. The van der Waals surface area contributed by atoms with Gasteiger partial charge in [-0.2, -0.15) is 0 Å². The molecule has 0 radical (unpaired) electrons. The van der Waals surface area contributed by atoms with Gasteiger partial charge in [-0.1, -0.05) is 18.2 Å². The van der Waals surface area contributed by atoms with E-state index in [9.17, 15) is 8.42 Å². The highest BCUT2D eigenvalue weighted by molar-refractivity contribution is 14.0. The Morgan fingerprint density at radius 2 is 1.92 bits per heavy atom. The minimum absolute atomic E-state index is 0.